The lowest BCUT2D eigenvalue weighted by Crippen LogP contribution is -2.56. The van der Waals surface area contributed by atoms with Gasteiger partial charge in [-0.15, -0.1) is 0 Å². The predicted octanol–water partition coefficient (Wildman–Crippen LogP) is 5.58. The molecule has 7 nitrogen and oxygen atoms in total. The average Bonchev–Trinajstić information content (AvgIpc) is 3.64. The molecule has 3 saturated heterocycles. The van der Waals surface area contributed by atoms with Crippen LogP contribution < -0.4 is 9.47 Å². The average molecular weight is 527 g/mol. The van der Waals surface area contributed by atoms with Crippen molar-refractivity contribution in [1.29, 1.82) is 0 Å². The summed E-state index contributed by atoms with van der Waals surface area (Å²) in [6.45, 7) is 5.12. The third kappa shape index (κ3) is 5.60. The molecule has 3 aliphatic heterocycles. The topological polar surface area (TPSA) is 55.9 Å². The van der Waals surface area contributed by atoms with Crippen molar-refractivity contribution in [3.8, 4) is 23.0 Å². The maximum atomic E-state index is 5.62. The summed E-state index contributed by atoms with van der Waals surface area (Å²) in [7, 11) is 5.50. The first-order valence-electron chi connectivity index (χ1n) is 13.9. The summed E-state index contributed by atoms with van der Waals surface area (Å²) in [5.41, 5.74) is 4.86. The Labute approximate surface area is 230 Å². The lowest BCUT2D eigenvalue weighted by Gasteiger charge is -2.51. The highest BCUT2D eigenvalue weighted by Crippen LogP contribution is 2.43. The van der Waals surface area contributed by atoms with E-state index in [2.05, 4.69) is 76.1 Å². The third-order valence-electron chi connectivity index (χ3n) is 8.55. The number of hydrogen-bond acceptors (Lipinski definition) is 6. The minimum Gasteiger partial charge on any atom is -0.497 e. The smallest absolute Gasteiger partial charge is 0.154 e. The van der Waals surface area contributed by atoms with Crippen molar-refractivity contribution >= 4 is 0 Å². The van der Waals surface area contributed by atoms with Crippen LogP contribution in [0.25, 0.3) is 11.5 Å². The number of nitrogens with zero attached hydrogens (tertiary/aromatic N) is 4. The highest BCUT2D eigenvalue weighted by molar-refractivity contribution is 5.52. The molecule has 4 unspecified atom stereocenters. The van der Waals surface area contributed by atoms with Crippen molar-refractivity contribution in [1.82, 2.24) is 19.6 Å². The van der Waals surface area contributed by atoms with Crippen LogP contribution in [-0.2, 0) is 20.1 Å². The second-order valence-electron chi connectivity index (χ2n) is 11.0. The number of aromatic nitrogens is 2. The largest absolute Gasteiger partial charge is 0.497 e. The zero-order valence-electron chi connectivity index (χ0n) is 23.1. The normalized spacial score (nSPS) is 22.4. The number of fused-ring (bicyclic) bond motifs is 3. The SMILES string of the molecule is COc1ccc(CN(Cc2ccc(OC)cc2)CC2CC3CCN2CC3c2cc(-c3ccco3)nn2C)cc1. The molecule has 0 amide bonds. The Bertz CT molecular complexity index is 1300. The van der Waals surface area contributed by atoms with E-state index in [1.54, 1.807) is 20.5 Å². The molecular weight excluding hydrogens is 488 g/mol. The summed E-state index contributed by atoms with van der Waals surface area (Å²) >= 11 is 0. The van der Waals surface area contributed by atoms with Gasteiger partial charge in [0.05, 0.1) is 20.5 Å². The minimum absolute atomic E-state index is 0.507. The third-order valence-corrected chi connectivity index (χ3v) is 8.55. The van der Waals surface area contributed by atoms with Crippen LogP contribution in [0.1, 0.15) is 35.6 Å². The molecule has 0 spiro atoms. The molecule has 7 rings (SSSR count). The number of furan rings is 1. The van der Waals surface area contributed by atoms with Crippen LogP contribution in [-0.4, -0.2) is 59.5 Å². The van der Waals surface area contributed by atoms with E-state index in [0.29, 0.717) is 17.9 Å². The van der Waals surface area contributed by atoms with E-state index in [1.807, 2.05) is 12.1 Å². The Balaban J connectivity index is 1.17. The number of hydrogen-bond donors (Lipinski definition) is 0. The lowest BCUT2D eigenvalue weighted by atomic mass is 9.74. The number of benzene rings is 2. The van der Waals surface area contributed by atoms with Gasteiger partial charge in [0.1, 0.15) is 17.2 Å². The van der Waals surface area contributed by atoms with Gasteiger partial charge in [-0.2, -0.15) is 5.10 Å². The zero-order chi connectivity index (χ0) is 26.8. The summed E-state index contributed by atoms with van der Waals surface area (Å²) in [6.07, 6.45) is 4.18. The van der Waals surface area contributed by atoms with Crippen LogP contribution in [0, 0.1) is 5.92 Å². The molecule has 3 fully saturated rings. The first-order chi connectivity index (χ1) is 19.1. The van der Waals surface area contributed by atoms with Crippen LogP contribution in [0.4, 0.5) is 0 Å². The van der Waals surface area contributed by atoms with Gasteiger partial charge in [-0.1, -0.05) is 24.3 Å². The van der Waals surface area contributed by atoms with Crippen molar-refractivity contribution in [2.75, 3.05) is 33.9 Å². The molecule has 4 atom stereocenters. The molecule has 39 heavy (non-hydrogen) atoms. The molecule has 204 valence electrons. The van der Waals surface area contributed by atoms with E-state index in [4.69, 9.17) is 19.0 Å². The van der Waals surface area contributed by atoms with Crippen molar-refractivity contribution in [3.63, 3.8) is 0 Å². The van der Waals surface area contributed by atoms with E-state index < -0.39 is 0 Å². The van der Waals surface area contributed by atoms with E-state index in [-0.39, 0.29) is 0 Å². The van der Waals surface area contributed by atoms with Crippen molar-refractivity contribution in [3.05, 3.63) is 89.8 Å². The fraction of sp³-hybridized carbons (Fsp3) is 0.406. The summed E-state index contributed by atoms with van der Waals surface area (Å²) in [6, 6.07) is 23.7. The van der Waals surface area contributed by atoms with Gasteiger partial charge in [-0.3, -0.25) is 14.5 Å². The highest BCUT2D eigenvalue weighted by Gasteiger charge is 2.42. The lowest BCUT2D eigenvalue weighted by molar-refractivity contribution is 0.00762. The summed E-state index contributed by atoms with van der Waals surface area (Å²) in [4.78, 5) is 5.32. The highest BCUT2D eigenvalue weighted by atomic mass is 16.5. The molecule has 0 saturated carbocycles. The van der Waals surface area contributed by atoms with E-state index in [9.17, 15) is 0 Å². The second kappa shape index (κ2) is 11.3. The van der Waals surface area contributed by atoms with Gasteiger partial charge in [0, 0.05) is 50.9 Å². The summed E-state index contributed by atoms with van der Waals surface area (Å²) in [5.74, 6) is 3.81. The van der Waals surface area contributed by atoms with Crippen molar-refractivity contribution in [2.45, 2.75) is 37.9 Å². The van der Waals surface area contributed by atoms with Crippen LogP contribution in [0.15, 0.2) is 77.4 Å². The van der Waals surface area contributed by atoms with Gasteiger partial charge in [0.25, 0.3) is 0 Å². The molecule has 0 N–H and O–H groups in total. The zero-order valence-corrected chi connectivity index (χ0v) is 23.1. The van der Waals surface area contributed by atoms with Crippen LogP contribution in [0.3, 0.4) is 0 Å². The van der Waals surface area contributed by atoms with Gasteiger partial charge in [0.2, 0.25) is 0 Å². The van der Waals surface area contributed by atoms with Gasteiger partial charge < -0.3 is 13.9 Å². The summed E-state index contributed by atoms with van der Waals surface area (Å²) in [5, 5.41) is 4.78. The van der Waals surface area contributed by atoms with Crippen molar-refractivity contribution in [2.24, 2.45) is 13.0 Å². The molecule has 5 heterocycles. The van der Waals surface area contributed by atoms with Crippen LogP contribution in [0.2, 0.25) is 0 Å². The van der Waals surface area contributed by atoms with Gasteiger partial charge >= 0.3 is 0 Å². The van der Waals surface area contributed by atoms with Gasteiger partial charge in [-0.05, 0) is 78.9 Å². The molecule has 7 heteroatoms. The summed E-state index contributed by atoms with van der Waals surface area (Å²) < 4.78 is 18.4. The fourth-order valence-electron chi connectivity index (χ4n) is 6.50. The monoisotopic (exact) mass is 526 g/mol. The first kappa shape index (κ1) is 25.7. The predicted molar refractivity (Wildman–Crippen MR) is 152 cm³/mol. The number of rotatable bonds is 10. The maximum Gasteiger partial charge on any atom is 0.154 e. The van der Waals surface area contributed by atoms with E-state index in [0.717, 1.165) is 49.1 Å². The number of ether oxygens (including phenoxy) is 2. The Hall–Kier alpha value is -3.55. The van der Waals surface area contributed by atoms with E-state index in [1.165, 1.54) is 36.2 Å². The Kier molecular flexibility index (Phi) is 7.44. The maximum absolute atomic E-state index is 5.62. The quantitative estimate of drug-likeness (QED) is 0.269. The number of piperidine rings is 3. The number of aryl methyl sites for hydroxylation is 1. The van der Waals surface area contributed by atoms with Crippen LogP contribution in [0.5, 0.6) is 11.5 Å². The molecule has 4 aromatic rings. The second-order valence-corrected chi connectivity index (χ2v) is 11.0. The Morgan fingerprint density at radius 1 is 0.949 bits per heavy atom. The first-order valence-corrected chi connectivity index (χ1v) is 13.9. The Morgan fingerprint density at radius 2 is 1.62 bits per heavy atom. The molecule has 0 radical (unpaired) electrons. The number of methoxy groups -OCH3 is 2. The van der Waals surface area contributed by atoms with Gasteiger partial charge in [-0.25, -0.2) is 0 Å². The minimum atomic E-state index is 0.507. The Morgan fingerprint density at radius 3 is 2.15 bits per heavy atom. The molecule has 2 aromatic carbocycles. The van der Waals surface area contributed by atoms with Crippen molar-refractivity contribution < 1.29 is 13.9 Å². The standard InChI is InChI=1S/C32H38N4O3/c1-34-31(18-30(33-34)32-5-4-16-39-32)29-22-36-15-14-25(29)17-26(36)21-35(19-23-6-10-27(37-2)11-7-23)20-24-8-12-28(38-3)13-9-24/h4-13,16,18,25-26,29H,14-15,17,19-22H2,1-3H3. The van der Waals surface area contributed by atoms with E-state index >= 15 is 0 Å². The molecular formula is C32H38N4O3. The molecule has 2 bridgehead atoms. The van der Waals surface area contributed by atoms with Crippen LogP contribution >= 0.6 is 0 Å². The molecule has 0 aliphatic carbocycles. The fourth-order valence-corrected chi connectivity index (χ4v) is 6.50. The molecule has 3 aliphatic rings. The van der Waals surface area contributed by atoms with Gasteiger partial charge in [0.15, 0.2) is 5.76 Å². The molecule has 2 aromatic heterocycles.